The minimum absolute atomic E-state index is 0.358. The van der Waals surface area contributed by atoms with Gasteiger partial charge in [-0.3, -0.25) is 9.78 Å². The number of aryl methyl sites for hydroxylation is 1. The molecule has 0 aromatic carbocycles. The van der Waals surface area contributed by atoms with Crippen LogP contribution in [0.4, 0.5) is 0 Å². The number of methoxy groups -OCH3 is 1. The summed E-state index contributed by atoms with van der Waals surface area (Å²) in [5.74, 6) is -0.792. The van der Waals surface area contributed by atoms with Crippen molar-refractivity contribution in [2.24, 2.45) is 12.1 Å². The zero-order valence-electron chi connectivity index (χ0n) is 11.6. The van der Waals surface area contributed by atoms with Crippen molar-refractivity contribution in [1.29, 1.82) is 0 Å². The van der Waals surface area contributed by atoms with Gasteiger partial charge >= 0.3 is 5.97 Å². The van der Waals surface area contributed by atoms with Gasteiger partial charge in [-0.05, 0) is 18.2 Å². The monoisotopic (exact) mass is 286 g/mol. The van der Waals surface area contributed by atoms with Crippen LogP contribution in [0.15, 0.2) is 41.9 Å². The summed E-state index contributed by atoms with van der Waals surface area (Å²) in [5.41, 5.74) is 3.87. The molecule has 0 aliphatic heterocycles. The first-order valence-corrected chi connectivity index (χ1v) is 6.10. The van der Waals surface area contributed by atoms with Crippen LogP contribution in [0.2, 0.25) is 0 Å². The minimum atomic E-state index is -0.434. The van der Waals surface area contributed by atoms with Crippen LogP contribution in [0.5, 0.6) is 0 Å². The molecule has 7 heteroatoms. The topological polar surface area (TPSA) is 85.6 Å². The Morgan fingerprint density at radius 2 is 2.29 bits per heavy atom. The summed E-state index contributed by atoms with van der Waals surface area (Å²) in [5, 5.41) is 3.84. The number of pyridine rings is 1. The number of carbonyl (C=O) groups is 2. The molecule has 7 nitrogen and oxygen atoms in total. The summed E-state index contributed by atoms with van der Waals surface area (Å²) in [6, 6.07) is 4.92. The lowest BCUT2D eigenvalue weighted by molar-refractivity contribution is 0.0590. The van der Waals surface area contributed by atoms with Gasteiger partial charge in [0.25, 0.3) is 5.91 Å². The smallest absolute Gasteiger partial charge is 0.354 e. The Morgan fingerprint density at radius 1 is 1.48 bits per heavy atom. The van der Waals surface area contributed by atoms with Crippen molar-refractivity contribution in [3.63, 3.8) is 0 Å². The van der Waals surface area contributed by atoms with Gasteiger partial charge < -0.3 is 9.30 Å². The number of esters is 1. The van der Waals surface area contributed by atoms with Gasteiger partial charge in [0.2, 0.25) is 0 Å². The predicted octanol–water partition coefficient (Wildman–Crippen LogP) is 0.971. The molecule has 0 aliphatic carbocycles. The van der Waals surface area contributed by atoms with Gasteiger partial charge in [-0.15, -0.1) is 0 Å². The summed E-state index contributed by atoms with van der Waals surface area (Å²) in [6.07, 6.45) is 6.17. The number of hydrogen-bond acceptors (Lipinski definition) is 5. The summed E-state index contributed by atoms with van der Waals surface area (Å²) in [4.78, 5) is 27.0. The van der Waals surface area contributed by atoms with Crippen LogP contribution in [-0.4, -0.2) is 34.8 Å². The van der Waals surface area contributed by atoms with Gasteiger partial charge in [0.15, 0.2) is 0 Å². The van der Waals surface area contributed by atoms with Gasteiger partial charge in [-0.25, -0.2) is 10.2 Å². The van der Waals surface area contributed by atoms with E-state index in [9.17, 15) is 9.59 Å². The Labute approximate surface area is 121 Å². The second-order valence-electron chi connectivity index (χ2n) is 4.20. The molecule has 0 bridgehead atoms. The molecule has 2 aromatic heterocycles. The normalized spacial score (nSPS) is 10.6. The van der Waals surface area contributed by atoms with Crippen molar-refractivity contribution < 1.29 is 14.3 Å². The standard InChI is InChI=1S/C14H14N4O3/c1-18-9-10(6-12(18)14(20)21-2)7-16-17-13(19)11-4-3-5-15-8-11/h3-9H,1-2H3,(H,17,19). The first-order valence-electron chi connectivity index (χ1n) is 6.10. The number of carbonyl (C=O) groups excluding carboxylic acids is 2. The number of nitrogens with one attached hydrogen (secondary N) is 1. The summed E-state index contributed by atoms with van der Waals surface area (Å²) in [6.45, 7) is 0. The number of ether oxygens (including phenoxy) is 1. The lowest BCUT2D eigenvalue weighted by Crippen LogP contribution is -2.17. The number of hydrazone groups is 1. The maximum atomic E-state index is 11.7. The average molecular weight is 286 g/mol. The molecule has 0 unspecified atom stereocenters. The highest BCUT2D eigenvalue weighted by Crippen LogP contribution is 2.06. The molecule has 21 heavy (non-hydrogen) atoms. The molecule has 0 spiro atoms. The fourth-order valence-electron chi connectivity index (χ4n) is 1.70. The van der Waals surface area contributed by atoms with Crippen LogP contribution < -0.4 is 5.43 Å². The van der Waals surface area contributed by atoms with Gasteiger partial charge in [0, 0.05) is 31.2 Å². The SMILES string of the molecule is COC(=O)c1cc(C=NNC(=O)c2cccnc2)cn1C. The molecule has 1 amide bonds. The van der Waals surface area contributed by atoms with Crippen molar-refractivity contribution in [3.05, 3.63) is 53.6 Å². The lowest BCUT2D eigenvalue weighted by Gasteiger charge is -1.98. The van der Waals surface area contributed by atoms with E-state index in [1.165, 1.54) is 19.5 Å². The Kier molecular flexibility index (Phi) is 4.45. The second kappa shape index (κ2) is 6.47. The van der Waals surface area contributed by atoms with Gasteiger partial charge in [0.05, 0.1) is 18.9 Å². The van der Waals surface area contributed by atoms with E-state index >= 15 is 0 Å². The lowest BCUT2D eigenvalue weighted by atomic mass is 10.3. The van der Waals surface area contributed by atoms with Crippen LogP contribution in [0.3, 0.4) is 0 Å². The second-order valence-corrected chi connectivity index (χ2v) is 4.20. The number of nitrogens with zero attached hydrogens (tertiary/aromatic N) is 3. The van der Waals surface area contributed by atoms with Crippen molar-refractivity contribution >= 4 is 18.1 Å². The van der Waals surface area contributed by atoms with Crippen LogP contribution in [0.25, 0.3) is 0 Å². The van der Waals surface area contributed by atoms with Crippen molar-refractivity contribution in [3.8, 4) is 0 Å². The highest BCUT2D eigenvalue weighted by molar-refractivity contribution is 5.95. The maximum absolute atomic E-state index is 11.7. The van der Waals surface area contributed by atoms with E-state index in [0.29, 0.717) is 16.8 Å². The third-order valence-corrected chi connectivity index (χ3v) is 2.72. The van der Waals surface area contributed by atoms with E-state index in [0.717, 1.165) is 0 Å². The quantitative estimate of drug-likeness (QED) is 0.515. The van der Waals surface area contributed by atoms with E-state index in [1.54, 1.807) is 42.2 Å². The first kappa shape index (κ1) is 14.4. The molecule has 0 fully saturated rings. The molecule has 2 aromatic rings. The van der Waals surface area contributed by atoms with E-state index in [2.05, 4.69) is 20.2 Å². The van der Waals surface area contributed by atoms with Crippen LogP contribution in [-0.2, 0) is 11.8 Å². The van der Waals surface area contributed by atoms with E-state index in [1.807, 2.05) is 0 Å². The average Bonchev–Trinajstić information content (AvgIpc) is 2.88. The van der Waals surface area contributed by atoms with Crippen LogP contribution in [0, 0.1) is 0 Å². The number of rotatable bonds is 4. The van der Waals surface area contributed by atoms with Crippen molar-refractivity contribution in [1.82, 2.24) is 15.0 Å². The molecule has 1 N–H and O–H groups in total. The Bertz CT molecular complexity index is 677. The van der Waals surface area contributed by atoms with E-state index < -0.39 is 5.97 Å². The van der Waals surface area contributed by atoms with Gasteiger partial charge in [0.1, 0.15) is 5.69 Å². The fraction of sp³-hybridized carbons (Fsp3) is 0.143. The van der Waals surface area contributed by atoms with Gasteiger partial charge in [-0.1, -0.05) is 0 Å². The molecule has 0 aliphatic rings. The third kappa shape index (κ3) is 3.53. The highest BCUT2D eigenvalue weighted by Gasteiger charge is 2.10. The molecule has 0 radical (unpaired) electrons. The van der Waals surface area contributed by atoms with E-state index in [-0.39, 0.29) is 5.91 Å². The Morgan fingerprint density at radius 3 is 2.95 bits per heavy atom. The third-order valence-electron chi connectivity index (χ3n) is 2.72. The molecule has 0 atom stereocenters. The Hall–Kier alpha value is -2.96. The van der Waals surface area contributed by atoms with Crippen LogP contribution >= 0.6 is 0 Å². The van der Waals surface area contributed by atoms with Crippen molar-refractivity contribution in [2.75, 3.05) is 7.11 Å². The predicted molar refractivity (Wildman–Crippen MR) is 76.0 cm³/mol. The van der Waals surface area contributed by atoms with Gasteiger partial charge in [-0.2, -0.15) is 5.10 Å². The summed E-state index contributed by atoms with van der Waals surface area (Å²) in [7, 11) is 3.04. The molecule has 0 saturated carbocycles. The molecular formula is C14H14N4O3. The molecule has 2 rings (SSSR count). The zero-order valence-corrected chi connectivity index (χ0v) is 11.6. The molecule has 2 heterocycles. The molecule has 108 valence electrons. The summed E-state index contributed by atoms with van der Waals surface area (Å²) < 4.78 is 6.27. The highest BCUT2D eigenvalue weighted by atomic mass is 16.5. The van der Waals surface area contributed by atoms with Crippen LogP contribution in [0.1, 0.15) is 26.4 Å². The molecule has 0 saturated heterocycles. The largest absolute Gasteiger partial charge is 0.464 e. The molecular weight excluding hydrogens is 272 g/mol. The summed E-state index contributed by atoms with van der Waals surface area (Å²) >= 11 is 0. The first-order chi connectivity index (χ1) is 10.1. The zero-order chi connectivity index (χ0) is 15.2. The maximum Gasteiger partial charge on any atom is 0.354 e. The fourth-order valence-corrected chi connectivity index (χ4v) is 1.70. The Balaban J connectivity index is 2.02. The van der Waals surface area contributed by atoms with E-state index in [4.69, 9.17) is 0 Å². The number of hydrogen-bond donors (Lipinski definition) is 1. The number of aromatic nitrogens is 2. The van der Waals surface area contributed by atoms with Crippen molar-refractivity contribution in [2.45, 2.75) is 0 Å². The minimum Gasteiger partial charge on any atom is -0.464 e. The number of amides is 1.